The maximum absolute atomic E-state index is 5.57. The summed E-state index contributed by atoms with van der Waals surface area (Å²) in [4.78, 5) is 5.02. The summed E-state index contributed by atoms with van der Waals surface area (Å²) in [5.41, 5.74) is 4.71. The molecule has 0 spiro atoms. The van der Waals surface area contributed by atoms with Crippen LogP contribution in [0.15, 0.2) is 73.1 Å². The molecule has 0 radical (unpaired) electrons. The molecule has 4 nitrogen and oxygen atoms in total. The lowest BCUT2D eigenvalue weighted by Crippen LogP contribution is -2.12. The second kappa shape index (κ2) is 6.22. The van der Waals surface area contributed by atoms with Gasteiger partial charge in [0.15, 0.2) is 0 Å². The number of H-pyrrole nitrogens is 1. The van der Waals surface area contributed by atoms with E-state index in [1.54, 1.807) is 6.20 Å². The van der Waals surface area contributed by atoms with E-state index in [4.69, 9.17) is 12.2 Å². The number of aromatic nitrogens is 3. The summed E-state index contributed by atoms with van der Waals surface area (Å²) in [5, 5.41) is 11.5. The number of benzene rings is 2. The van der Waals surface area contributed by atoms with Crippen molar-refractivity contribution in [2.75, 3.05) is 5.32 Å². The van der Waals surface area contributed by atoms with E-state index in [0.717, 1.165) is 33.4 Å². The van der Waals surface area contributed by atoms with E-state index in [0.29, 0.717) is 4.99 Å². The molecule has 0 saturated carbocycles. The largest absolute Gasteiger partial charge is 0.345 e. The van der Waals surface area contributed by atoms with Crippen molar-refractivity contribution in [3.05, 3.63) is 78.8 Å². The van der Waals surface area contributed by atoms with Crippen LogP contribution in [0.25, 0.3) is 22.0 Å². The Hall–Kier alpha value is -3.05. The van der Waals surface area contributed by atoms with Gasteiger partial charge in [0, 0.05) is 22.8 Å². The van der Waals surface area contributed by atoms with Gasteiger partial charge < -0.3 is 5.32 Å². The molecule has 0 amide bonds. The Balaban J connectivity index is 1.76. The van der Waals surface area contributed by atoms with Gasteiger partial charge in [-0.1, -0.05) is 48.6 Å². The van der Waals surface area contributed by atoms with E-state index >= 15 is 0 Å². The van der Waals surface area contributed by atoms with Gasteiger partial charge >= 0.3 is 0 Å². The third kappa shape index (κ3) is 2.66. The van der Waals surface area contributed by atoms with Gasteiger partial charge in [0.25, 0.3) is 0 Å². The first-order valence-electron chi connectivity index (χ1n) is 7.57. The van der Waals surface area contributed by atoms with Crippen LogP contribution < -0.4 is 5.32 Å². The number of fused-ring (bicyclic) bond motifs is 1. The molecular formula is C19H14N4S. The minimum absolute atomic E-state index is 0.606. The van der Waals surface area contributed by atoms with E-state index in [2.05, 4.69) is 26.6 Å². The summed E-state index contributed by atoms with van der Waals surface area (Å²) in [5.74, 6) is 0. The fourth-order valence-corrected chi connectivity index (χ4v) is 2.98. The molecule has 2 heterocycles. The number of thiocarbonyl (C=S) groups is 1. The summed E-state index contributed by atoms with van der Waals surface area (Å²) < 4.78 is 0. The zero-order valence-electron chi connectivity index (χ0n) is 12.7. The van der Waals surface area contributed by atoms with Crippen molar-refractivity contribution < 1.29 is 0 Å². The molecule has 24 heavy (non-hydrogen) atoms. The Morgan fingerprint density at radius 2 is 1.71 bits per heavy atom. The van der Waals surface area contributed by atoms with Crippen LogP contribution >= 0.6 is 12.2 Å². The van der Waals surface area contributed by atoms with Crippen LogP contribution in [-0.4, -0.2) is 20.2 Å². The highest BCUT2D eigenvalue weighted by molar-refractivity contribution is 7.81. The SMILES string of the molecule is S=C(Nc1ccccc1)c1[nH]ncc1-c1ccnc2ccccc12. The summed E-state index contributed by atoms with van der Waals surface area (Å²) in [6.45, 7) is 0. The van der Waals surface area contributed by atoms with Crippen molar-refractivity contribution in [3.8, 4) is 11.1 Å². The van der Waals surface area contributed by atoms with Gasteiger partial charge in [0.1, 0.15) is 10.7 Å². The topological polar surface area (TPSA) is 53.6 Å². The number of hydrogen-bond acceptors (Lipinski definition) is 3. The summed E-state index contributed by atoms with van der Waals surface area (Å²) in [7, 11) is 0. The zero-order chi connectivity index (χ0) is 16.4. The molecule has 0 aliphatic heterocycles. The van der Waals surface area contributed by atoms with Gasteiger partial charge in [0.05, 0.1) is 11.7 Å². The van der Waals surface area contributed by atoms with E-state index in [-0.39, 0.29) is 0 Å². The lowest BCUT2D eigenvalue weighted by Gasteiger charge is -2.10. The molecule has 4 aromatic rings. The zero-order valence-corrected chi connectivity index (χ0v) is 13.5. The van der Waals surface area contributed by atoms with Crippen molar-refractivity contribution >= 4 is 33.8 Å². The van der Waals surface area contributed by atoms with E-state index < -0.39 is 0 Å². The summed E-state index contributed by atoms with van der Waals surface area (Å²) in [6, 6.07) is 19.9. The molecule has 2 aromatic heterocycles. The maximum atomic E-state index is 5.57. The molecule has 2 N–H and O–H groups in total. The van der Waals surface area contributed by atoms with Crippen LogP contribution in [0.1, 0.15) is 5.69 Å². The molecule has 0 atom stereocenters. The molecule has 0 aliphatic carbocycles. The van der Waals surface area contributed by atoms with E-state index in [1.807, 2.05) is 60.8 Å². The van der Waals surface area contributed by atoms with Crippen LogP contribution in [0, 0.1) is 0 Å². The van der Waals surface area contributed by atoms with Crippen molar-refractivity contribution in [1.82, 2.24) is 15.2 Å². The quantitative estimate of drug-likeness (QED) is 0.546. The highest BCUT2D eigenvalue weighted by Gasteiger charge is 2.14. The minimum Gasteiger partial charge on any atom is -0.345 e. The standard InChI is InChI=1S/C19H14N4S/c24-19(22-13-6-2-1-3-7-13)18-16(12-21-23-18)14-10-11-20-17-9-5-4-8-15(14)17/h1-12H,(H,21,23)(H,22,24). The number of pyridine rings is 1. The molecule has 0 aliphatic rings. The average Bonchev–Trinajstić information content (AvgIpc) is 3.12. The second-order valence-corrected chi connectivity index (χ2v) is 5.76. The van der Waals surface area contributed by atoms with Crippen LogP contribution in [0.5, 0.6) is 0 Å². The predicted octanol–water partition coefficient (Wildman–Crippen LogP) is 4.41. The fraction of sp³-hybridized carbons (Fsp3) is 0. The van der Waals surface area contributed by atoms with Gasteiger partial charge in [-0.3, -0.25) is 10.1 Å². The number of hydrogen-bond donors (Lipinski definition) is 2. The molecular weight excluding hydrogens is 316 g/mol. The van der Waals surface area contributed by atoms with Gasteiger partial charge in [-0.2, -0.15) is 5.10 Å². The number of rotatable bonds is 3. The van der Waals surface area contributed by atoms with Crippen LogP contribution in [0.3, 0.4) is 0 Å². The first-order chi connectivity index (χ1) is 11.8. The molecule has 2 aromatic carbocycles. The van der Waals surface area contributed by atoms with Crippen molar-refractivity contribution in [2.24, 2.45) is 0 Å². The van der Waals surface area contributed by atoms with Gasteiger partial charge in [-0.25, -0.2) is 0 Å². The minimum atomic E-state index is 0.606. The Labute approximate surface area is 144 Å². The smallest absolute Gasteiger partial charge is 0.129 e. The van der Waals surface area contributed by atoms with Crippen LogP contribution in [0.2, 0.25) is 0 Å². The monoisotopic (exact) mass is 330 g/mol. The van der Waals surface area contributed by atoms with Gasteiger partial charge in [-0.05, 0) is 29.8 Å². The van der Waals surface area contributed by atoms with Gasteiger partial charge in [-0.15, -0.1) is 0 Å². The maximum Gasteiger partial charge on any atom is 0.129 e. The number of para-hydroxylation sites is 2. The van der Waals surface area contributed by atoms with Crippen LogP contribution in [-0.2, 0) is 0 Å². The third-order valence-electron chi connectivity index (χ3n) is 3.84. The van der Waals surface area contributed by atoms with Crippen molar-refractivity contribution in [1.29, 1.82) is 0 Å². The van der Waals surface area contributed by atoms with Crippen molar-refractivity contribution in [2.45, 2.75) is 0 Å². The Morgan fingerprint density at radius 3 is 2.58 bits per heavy atom. The summed E-state index contributed by atoms with van der Waals surface area (Å²) in [6.07, 6.45) is 3.61. The fourth-order valence-electron chi connectivity index (χ4n) is 2.71. The van der Waals surface area contributed by atoms with E-state index in [9.17, 15) is 0 Å². The number of nitrogens with zero attached hydrogens (tertiary/aromatic N) is 2. The lowest BCUT2D eigenvalue weighted by molar-refractivity contribution is 1.08. The normalized spacial score (nSPS) is 10.7. The molecule has 5 heteroatoms. The Morgan fingerprint density at radius 1 is 0.917 bits per heavy atom. The molecule has 0 saturated heterocycles. The lowest BCUT2D eigenvalue weighted by atomic mass is 10.0. The van der Waals surface area contributed by atoms with Crippen LogP contribution in [0.4, 0.5) is 5.69 Å². The molecule has 0 unspecified atom stereocenters. The predicted molar refractivity (Wildman–Crippen MR) is 101 cm³/mol. The molecule has 116 valence electrons. The molecule has 0 bridgehead atoms. The van der Waals surface area contributed by atoms with E-state index in [1.165, 1.54) is 0 Å². The summed E-state index contributed by atoms with van der Waals surface area (Å²) >= 11 is 5.57. The number of aromatic amines is 1. The Kier molecular flexibility index (Phi) is 3.76. The molecule has 0 fully saturated rings. The first kappa shape index (κ1) is 14.5. The third-order valence-corrected chi connectivity index (χ3v) is 4.14. The number of nitrogens with one attached hydrogen (secondary N) is 2. The van der Waals surface area contributed by atoms with Crippen molar-refractivity contribution in [3.63, 3.8) is 0 Å². The number of anilines is 1. The average molecular weight is 330 g/mol. The first-order valence-corrected chi connectivity index (χ1v) is 7.97. The Bertz CT molecular complexity index is 1000. The highest BCUT2D eigenvalue weighted by atomic mass is 32.1. The van der Waals surface area contributed by atoms with Gasteiger partial charge in [0.2, 0.25) is 0 Å². The molecule has 4 rings (SSSR count). The second-order valence-electron chi connectivity index (χ2n) is 5.35. The highest BCUT2D eigenvalue weighted by Crippen LogP contribution is 2.29.